The zero-order valence-electron chi connectivity index (χ0n) is 9.09. The van der Waals surface area contributed by atoms with Gasteiger partial charge in [-0.25, -0.2) is 0 Å². The SMILES string of the molecule is CCC(CC)(c1ccccc1)[P+](O)(O)O. The molecule has 0 unspecified atom stereocenters. The first-order valence-corrected chi connectivity index (χ1v) is 6.75. The number of benzene rings is 1. The second-order valence-corrected chi connectivity index (χ2v) is 5.67. The van der Waals surface area contributed by atoms with E-state index in [0.29, 0.717) is 12.8 Å². The quantitative estimate of drug-likeness (QED) is 0.695. The summed E-state index contributed by atoms with van der Waals surface area (Å²) < 4.78 is 0. The normalized spacial score (nSPS) is 12.9. The molecule has 0 spiro atoms. The minimum Gasteiger partial charge on any atom is -0.192 e. The zero-order chi connectivity index (χ0) is 11.5. The summed E-state index contributed by atoms with van der Waals surface area (Å²) >= 11 is 0. The van der Waals surface area contributed by atoms with E-state index in [1.807, 2.05) is 44.2 Å². The fourth-order valence-electron chi connectivity index (χ4n) is 2.00. The Kier molecular flexibility index (Phi) is 3.85. The Labute approximate surface area is 91.0 Å². The first kappa shape index (κ1) is 12.6. The standard InChI is InChI=1S/C11H18O3P/c1-3-11(4-2,15(12,13)14)10-8-6-5-7-9-10/h5-9,12-14H,3-4H2,1-2H3/q+1. The molecule has 0 aliphatic carbocycles. The Hall–Kier alpha value is -0.470. The minimum atomic E-state index is -3.88. The molecular weight excluding hydrogens is 211 g/mol. The van der Waals surface area contributed by atoms with E-state index in [2.05, 4.69) is 0 Å². The van der Waals surface area contributed by atoms with Crippen LogP contribution in [0.15, 0.2) is 30.3 Å². The van der Waals surface area contributed by atoms with Gasteiger partial charge in [0, 0.05) is 5.56 Å². The fourth-order valence-corrected chi connectivity index (χ4v) is 3.35. The Bertz CT molecular complexity index is 301. The molecule has 0 saturated heterocycles. The molecule has 0 aliphatic rings. The van der Waals surface area contributed by atoms with Crippen LogP contribution in [-0.4, -0.2) is 14.7 Å². The first-order chi connectivity index (χ1) is 6.98. The molecule has 1 aromatic rings. The lowest BCUT2D eigenvalue weighted by Gasteiger charge is -2.30. The highest BCUT2D eigenvalue weighted by Gasteiger charge is 2.56. The third-order valence-electron chi connectivity index (χ3n) is 3.06. The molecular formula is C11H18O3P+. The largest absolute Gasteiger partial charge is 0.414 e. The first-order valence-electron chi connectivity index (χ1n) is 5.11. The average molecular weight is 229 g/mol. The summed E-state index contributed by atoms with van der Waals surface area (Å²) in [5.41, 5.74) is 0.788. The van der Waals surface area contributed by atoms with Crippen molar-refractivity contribution in [3.05, 3.63) is 35.9 Å². The van der Waals surface area contributed by atoms with Crippen molar-refractivity contribution in [1.82, 2.24) is 0 Å². The van der Waals surface area contributed by atoms with E-state index in [-0.39, 0.29) is 0 Å². The summed E-state index contributed by atoms with van der Waals surface area (Å²) in [5.74, 6) is 0. The third-order valence-corrected chi connectivity index (χ3v) is 5.09. The Balaban J connectivity index is 3.24. The molecule has 84 valence electrons. The van der Waals surface area contributed by atoms with Crippen LogP contribution in [0.2, 0.25) is 0 Å². The molecule has 15 heavy (non-hydrogen) atoms. The van der Waals surface area contributed by atoms with E-state index in [4.69, 9.17) is 0 Å². The minimum absolute atomic E-state index is 0.505. The van der Waals surface area contributed by atoms with Gasteiger partial charge in [-0.15, -0.1) is 0 Å². The van der Waals surface area contributed by atoms with Gasteiger partial charge in [-0.2, -0.15) is 14.7 Å². The van der Waals surface area contributed by atoms with E-state index < -0.39 is 13.1 Å². The van der Waals surface area contributed by atoms with Gasteiger partial charge in [0.1, 0.15) is 0 Å². The molecule has 1 aromatic carbocycles. The van der Waals surface area contributed by atoms with Gasteiger partial charge in [0.15, 0.2) is 5.16 Å². The van der Waals surface area contributed by atoms with Crippen LogP contribution in [0.4, 0.5) is 0 Å². The lowest BCUT2D eigenvalue weighted by molar-refractivity contribution is 0.273. The molecule has 0 atom stereocenters. The molecule has 0 aliphatic heterocycles. The molecule has 4 heteroatoms. The van der Waals surface area contributed by atoms with Crippen molar-refractivity contribution in [2.24, 2.45) is 0 Å². The van der Waals surface area contributed by atoms with Gasteiger partial charge in [-0.3, -0.25) is 0 Å². The van der Waals surface area contributed by atoms with Crippen LogP contribution < -0.4 is 0 Å². The monoisotopic (exact) mass is 229 g/mol. The third kappa shape index (κ3) is 2.21. The van der Waals surface area contributed by atoms with Gasteiger partial charge < -0.3 is 0 Å². The maximum Gasteiger partial charge on any atom is 0.414 e. The summed E-state index contributed by atoms with van der Waals surface area (Å²) in [4.78, 5) is 28.8. The van der Waals surface area contributed by atoms with Crippen molar-refractivity contribution in [2.45, 2.75) is 31.8 Å². The molecule has 3 nitrogen and oxygen atoms in total. The average Bonchev–Trinajstić information content (AvgIpc) is 2.20. The van der Waals surface area contributed by atoms with E-state index in [0.717, 1.165) is 5.56 Å². The van der Waals surface area contributed by atoms with Crippen LogP contribution in [0.1, 0.15) is 32.3 Å². The lowest BCUT2D eigenvalue weighted by atomic mass is 9.93. The highest BCUT2D eigenvalue weighted by molar-refractivity contribution is 7.59. The number of hydrogen-bond donors (Lipinski definition) is 3. The number of rotatable bonds is 4. The molecule has 0 bridgehead atoms. The number of hydrogen-bond acceptors (Lipinski definition) is 3. The molecule has 0 radical (unpaired) electrons. The van der Waals surface area contributed by atoms with Gasteiger partial charge in [0.25, 0.3) is 0 Å². The summed E-state index contributed by atoms with van der Waals surface area (Å²) in [6.45, 7) is 3.71. The van der Waals surface area contributed by atoms with Gasteiger partial charge in [0.2, 0.25) is 0 Å². The molecule has 0 heterocycles. The topological polar surface area (TPSA) is 60.7 Å². The van der Waals surface area contributed by atoms with Gasteiger partial charge in [-0.1, -0.05) is 44.2 Å². The molecule has 3 N–H and O–H groups in total. The van der Waals surface area contributed by atoms with Crippen molar-refractivity contribution in [2.75, 3.05) is 0 Å². The van der Waals surface area contributed by atoms with E-state index in [9.17, 15) is 14.7 Å². The highest BCUT2D eigenvalue weighted by atomic mass is 31.2. The molecule has 0 saturated carbocycles. The van der Waals surface area contributed by atoms with Gasteiger partial charge >= 0.3 is 7.94 Å². The molecule has 0 fully saturated rings. The second kappa shape index (κ2) is 4.58. The summed E-state index contributed by atoms with van der Waals surface area (Å²) in [6.07, 6.45) is 1.01. The maximum atomic E-state index is 9.60. The van der Waals surface area contributed by atoms with Crippen LogP contribution in [0.25, 0.3) is 0 Å². The summed E-state index contributed by atoms with van der Waals surface area (Å²) in [5, 5.41) is -0.908. The van der Waals surface area contributed by atoms with Crippen LogP contribution in [-0.2, 0) is 5.16 Å². The van der Waals surface area contributed by atoms with Gasteiger partial charge in [0.05, 0.1) is 0 Å². The summed E-state index contributed by atoms with van der Waals surface area (Å²) in [6, 6.07) is 9.19. The maximum absolute atomic E-state index is 9.60. The van der Waals surface area contributed by atoms with E-state index >= 15 is 0 Å². The predicted molar refractivity (Wildman–Crippen MR) is 62.3 cm³/mol. The second-order valence-electron chi connectivity index (χ2n) is 3.67. The predicted octanol–water partition coefficient (Wildman–Crippen LogP) is 2.44. The molecule has 0 aromatic heterocycles. The van der Waals surface area contributed by atoms with Crippen LogP contribution >= 0.6 is 7.94 Å². The van der Waals surface area contributed by atoms with Crippen LogP contribution in [0.3, 0.4) is 0 Å². The van der Waals surface area contributed by atoms with E-state index in [1.54, 1.807) is 0 Å². The van der Waals surface area contributed by atoms with Crippen molar-refractivity contribution in [1.29, 1.82) is 0 Å². The summed E-state index contributed by atoms with van der Waals surface area (Å²) in [7, 11) is -3.88. The smallest absolute Gasteiger partial charge is 0.192 e. The van der Waals surface area contributed by atoms with Crippen LogP contribution in [0, 0.1) is 0 Å². The molecule has 0 amide bonds. The Morgan fingerprint density at radius 1 is 1.00 bits per heavy atom. The van der Waals surface area contributed by atoms with Crippen molar-refractivity contribution in [3.8, 4) is 0 Å². The fraction of sp³-hybridized carbons (Fsp3) is 0.455. The zero-order valence-corrected chi connectivity index (χ0v) is 9.98. The Morgan fingerprint density at radius 3 is 1.80 bits per heavy atom. The lowest BCUT2D eigenvalue weighted by Crippen LogP contribution is -2.27. The Morgan fingerprint density at radius 2 is 1.47 bits per heavy atom. The van der Waals surface area contributed by atoms with Crippen molar-refractivity contribution >= 4 is 7.94 Å². The molecule has 1 rings (SSSR count). The van der Waals surface area contributed by atoms with Crippen molar-refractivity contribution in [3.63, 3.8) is 0 Å². The van der Waals surface area contributed by atoms with Crippen LogP contribution in [0.5, 0.6) is 0 Å². The van der Waals surface area contributed by atoms with E-state index in [1.165, 1.54) is 0 Å². The van der Waals surface area contributed by atoms with Gasteiger partial charge in [-0.05, 0) is 12.8 Å². The van der Waals surface area contributed by atoms with Crippen molar-refractivity contribution < 1.29 is 14.7 Å². The highest BCUT2D eigenvalue weighted by Crippen LogP contribution is 2.66.